The Balaban J connectivity index is 1.94. The number of hydrogen-bond donors (Lipinski definition) is 1. The summed E-state index contributed by atoms with van der Waals surface area (Å²) in [5.74, 6) is 0. The molecule has 3 rings (SSSR count). The summed E-state index contributed by atoms with van der Waals surface area (Å²) in [5.41, 5.74) is 1.10. The van der Waals surface area contributed by atoms with E-state index in [1.54, 1.807) is 18.3 Å². The van der Waals surface area contributed by atoms with E-state index in [0.717, 1.165) is 5.56 Å². The van der Waals surface area contributed by atoms with Gasteiger partial charge in [-0.25, -0.2) is 9.48 Å². The molecule has 19 heavy (non-hydrogen) atoms. The standard InChI is InChI=1S/C14H13N3O2/c18-12(11-6-2-1-3-7-11)10-17-14(19)16-9-5-4-8-13(16)15-17/h1-9,12,18H,10H2. The Morgan fingerprint density at radius 1 is 1.11 bits per heavy atom. The van der Waals surface area contributed by atoms with Gasteiger partial charge in [0, 0.05) is 6.20 Å². The number of aromatic nitrogens is 3. The molecule has 2 aromatic heterocycles. The van der Waals surface area contributed by atoms with Crippen LogP contribution in [0, 0.1) is 0 Å². The van der Waals surface area contributed by atoms with E-state index in [4.69, 9.17) is 0 Å². The summed E-state index contributed by atoms with van der Waals surface area (Å²) in [7, 11) is 0. The molecule has 0 aliphatic carbocycles. The van der Waals surface area contributed by atoms with Crippen molar-refractivity contribution in [1.29, 1.82) is 0 Å². The van der Waals surface area contributed by atoms with Crippen LogP contribution in [0.1, 0.15) is 11.7 Å². The topological polar surface area (TPSA) is 59.5 Å². The van der Waals surface area contributed by atoms with Crippen molar-refractivity contribution in [2.24, 2.45) is 0 Å². The molecule has 0 radical (unpaired) electrons. The van der Waals surface area contributed by atoms with Gasteiger partial charge >= 0.3 is 5.69 Å². The Labute approximate surface area is 109 Å². The number of aliphatic hydroxyl groups excluding tert-OH is 1. The first-order valence-electron chi connectivity index (χ1n) is 6.03. The molecule has 0 spiro atoms. The van der Waals surface area contributed by atoms with Crippen molar-refractivity contribution in [3.63, 3.8) is 0 Å². The Bertz CT molecular complexity index is 746. The predicted molar refractivity (Wildman–Crippen MR) is 70.9 cm³/mol. The molecule has 0 aliphatic heterocycles. The highest BCUT2D eigenvalue weighted by Crippen LogP contribution is 2.13. The van der Waals surface area contributed by atoms with Crippen molar-refractivity contribution in [3.8, 4) is 0 Å². The molecule has 0 saturated heterocycles. The number of aliphatic hydroxyl groups is 1. The molecule has 0 bridgehead atoms. The zero-order valence-electron chi connectivity index (χ0n) is 10.2. The van der Waals surface area contributed by atoms with Gasteiger partial charge < -0.3 is 5.11 Å². The van der Waals surface area contributed by atoms with Crippen molar-refractivity contribution < 1.29 is 5.11 Å². The van der Waals surface area contributed by atoms with E-state index in [-0.39, 0.29) is 12.2 Å². The second-order valence-electron chi connectivity index (χ2n) is 4.32. The van der Waals surface area contributed by atoms with Crippen LogP contribution < -0.4 is 5.69 Å². The van der Waals surface area contributed by atoms with Crippen LogP contribution in [-0.4, -0.2) is 19.3 Å². The number of pyridine rings is 1. The Hall–Kier alpha value is -2.40. The normalized spacial score (nSPS) is 12.7. The van der Waals surface area contributed by atoms with E-state index in [1.165, 1.54) is 9.08 Å². The molecular formula is C14H13N3O2. The average molecular weight is 255 g/mol. The fourth-order valence-electron chi connectivity index (χ4n) is 2.03. The minimum absolute atomic E-state index is 0.143. The fourth-order valence-corrected chi connectivity index (χ4v) is 2.03. The van der Waals surface area contributed by atoms with Gasteiger partial charge in [0.1, 0.15) is 0 Å². The lowest BCUT2D eigenvalue weighted by atomic mass is 10.1. The molecule has 5 nitrogen and oxygen atoms in total. The van der Waals surface area contributed by atoms with Crippen molar-refractivity contribution in [2.45, 2.75) is 12.6 Å². The summed E-state index contributed by atoms with van der Waals surface area (Å²) >= 11 is 0. The number of rotatable bonds is 3. The summed E-state index contributed by atoms with van der Waals surface area (Å²) in [4.78, 5) is 12.0. The van der Waals surface area contributed by atoms with Gasteiger partial charge in [-0.1, -0.05) is 36.4 Å². The van der Waals surface area contributed by atoms with Crippen molar-refractivity contribution in [3.05, 3.63) is 70.8 Å². The van der Waals surface area contributed by atoms with Gasteiger partial charge in [-0.3, -0.25) is 4.40 Å². The second kappa shape index (κ2) is 4.70. The van der Waals surface area contributed by atoms with Gasteiger partial charge in [0.05, 0.1) is 12.6 Å². The molecule has 1 N–H and O–H groups in total. The predicted octanol–water partition coefficient (Wildman–Crippen LogP) is 1.23. The molecule has 2 heterocycles. The summed E-state index contributed by atoms with van der Waals surface area (Å²) < 4.78 is 2.74. The van der Waals surface area contributed by atoms with E-state index >= 15 is 0 Å². The van der Waals surface area contributed by atoms with E-state index in [2.05, 4.69) is 5.10 Å². The highest BCUT2D eigenvalue weighted by atomic mass is 16.3. The number of benzene rings is 1. The summed E-state index contributed by atoms with van der Waals surface area (Å²) in [5, 5.41) is 14.3. The Kier molecular flexibility index (Phi) is 2.89. The third-order valence-corrected chi connectivity index (χ3v) is 3.02. The van der Waals surface area contributed by atoms with Crippen LogP contribution in [0.25, 0.3) is 5.65 Å². The number of fused-ring (bicyclic) bond motifs is 1. The first-order chi connectivity index (χ1) is 9.25. The van der Waals surface area contributed by atoms with Crippen molar-refractivity contribution in [1.82, 2.24) is 14.2 Å². The van der Waals surface area contributed by atoms with Crippen LogP contribution >= 0.6 is 0 Å². The van der Waals surface area contributed by atoms with Crippen molar-refractivity contribution in [2.75, 3.05) is 0 Å². The van der Waals surface area contributed by atoms with Gasteiger partial charge in [0.2, 0.25) is 0 Å². The maximum atomic E-state index is 12.0. The molecule has 96 valence electrons. The Morgan fingerprint density at radius 3 is 2.58 bits per heavy atom. The first kappa shape index (κ1) is 11.7. The number of nitrogens with zero attached hydrogens (tertiary/aromatic N) is 3. The molecular weight excluding hydrogens is 242 g/mol. The van der Waals surface area contributed by atoms with Gasteiger partial charge in [0.15, 0.2) is 5.65 Å². The molecule has 1 unspecified atom stereocenters. The van der Waals surface area contributed by atoms with Crippen molar-refractivity contribution >= 4 is 5.65 Å². The van der Waals surface area contributed by atoms with Gasteiger partial charge in [-0.2, -0.15) is 0 Å². The summed E-state index contributed by atoms with van der Waals surface area (Å²) in [6, 6.07) is 14.6. The van der Waals surface area contributed by atoms with Gasteiger partial charge in [-0.15, -0.1) is 5.10 Å². The zero-order chi connectivity index (χ0) is 13.2. The highest BCUT2D eigenvalue weighted by Gasteiger charge is 2.12. The van der Waals surface area contributed by atoms with Gasteiger partial charge in [0.25, 0.3) is 0 Å². The Morgan fingerprint density at radius 2 is 1.84 bits per heavy atom. The molecule has 3 aromatic rings. The van der Waals surface area contributed by atoms with Gasteiger partial charge in [-0.05, 0) is 17.7 Å². The van der Waals surface area contributed by atoms with Crippen LogP contribution in [0.5, 0.6) is 0 Å². The van der Waals surface area contributed by atoms with Crippen LogP contribution in [0.2, 0.25) is 0 Å². The molecule has 1 atom stereocenters. The third-order valence-electron chi connectivity index (χ3n) is 3.02. The monoisotopic (exact) mass is 255 g/mol. The first-order valence-corrected chi connectivity index (χ1v) is 6.03. The second-order valence-corrected chi connectivity index (χ2v) is 4.32. The molecule has 0 fully saturated rings. The highest BCUT2D eigenvalue weighted by molar-refractivity contribution is 5.35. The molecule has 0 saturated carbocycles. The maximum Gasteiger partial charge on any atom is 0.350 e. The fraction of sp³-hybridized carbons (Fsp3) is 0.143. The van der Waals surface area contributed by atoms with Crippen LogP contribution in [0.4, 0.5) is 0 Å². The zero-order valence-corrected chi connectivity index (χ0v) is 10.2. The smallest absolute Gasteiger partial charge is 0.350 e. The SMILES string of the molecule is O=c1n(CC(O)c2ccccc2)nc2ccccn12. The summed E-state index contributed by atoms with van der Waals surface area (Å²) in [6.45, 7) is 0.143. The van der Waals surface area contributed by atoms with Crippen LogP contribution in [-0.2, 0) is 6.54 Å². The lowest BCUT2D eigenvalue weighted by Gasteiger charge is -2.09. The molecule has 0 amide bonds. The summed E-state index contributed by atoms with van der Waals surface area (Å²) in [6.07, 6.45) is 0.916. The number of hydrogen-bond acceptors (Lipinski definition) is 3. The lowest BCUT2D eigenvalue weighted by molar-refractivity contribution is 0.150. The third kappa shape index (κ3) is 2.15. The maximum absolute atomic E-state index is 12.0. The van der Waals surface area contributed by atoms with E-state index in [9.17, 15) is 9.90 Å². The van der Waals surface area contributed by atoms with E-state index < -0.39 is 6.10 Å². The van der Waals surface area contributed by atoms with E-state index in [1.807, 2.05) is 36.4 Å². The largest absolute Gasteiger partial charge is 0.386 e. The van der Waals surface area contributed by atoms with Crippen LogP contribution in [0.3, 0.4) is 0 Å². The lowest BCUT2D eigenvalue weighted by Crippen LogP contribution is -2.24. The minimum atomic E-state index is -0.746. The molecule has 5 heteroatoms. The average Bonchev–Trinajstić information content (AvgIpc) is 2.77. The minimum Gasteiger partial charge on any atom is -0.386 e. The van der Waals surface area contributed by atoms with Crippen LogP contribution in [0.15, 0.2) is 59.5 Å². The molecule has 1 aromatic carbocycles. The molecule has 0 aliphatic rings. The van der Waals surface area contributed by atoms with E-state index in [0.29, 0.717) is 5.65 Å². The quantitative estimate of drug-likeness (QED) is 0.765.